The SMILES string of the molecule is CNCCOC(=O)[C@H](Oc1cccc(C(F)(F)F)c1)c1ccc(C(F)(F)F)cc1. The molecular weight excluding hydrogens is 404 g/mol. The minimum atomic E-state index is -4.63. The predicted molar refractivity (Wildman–Crippen MR) is 91.1 cm³/mol. The van der Waals surface area contributed by atoms with E-state index < -0.39 is 35.6 Å². The maximum atomic E-state index is 12.9. The highest BCUT2D eigenvalue weighted by Crippen LogP contribution is 2.34. The average Bonchev–Trinajstić information content (AvgIpc) is 2.65. The quantitative estimate of drug-likeness (QED) is 0.403. The fraction of sp³-hybridized carbons (Fsp3) is 0.316. The molecule has 1 atom stereocenters. The van der Waals surface area contributed by atoms with E-state index in [9.17, 15) is 31.1 Å². The summed E-state index contributed by atoms with van der Waals surface area (Å²) in [5, 5.41) is 2.73. The minimum Gasteiger partial charge on any atom is -0.474 e. The van der Waals surface area contributed by atoms with Gasteiger partial charge in [-0.1, -0.05) is 18.2 Å². The summed E-state index contributed by atoms with van der Waals surface area (Å²) >= 11 is 0. The van der Waals surface area contributed by atoms with Crippen molar-refractivity contribution in [2.24, 2.45) is 0 Å². The highest BCUT2D eigenvalue weighted by atomic mass is 19.4. The number of nitrogens with one attached hydrogen (secondary N) is 1. The van der Waals surface area contributed by atoms with Gasteiger partial charge in [-0.25, -0.2) is 4.79 Å². The van der Waals surface area contributed by atoms with Crippen molar-refractivity contribution in [1.29, 1.82) is 0 Å². The van der Waals surface area contributed by atoms with E-state index in [0.29, 0.717) is 12.6 Å². The first-order chi connectivity index (χ1) is 13.5. The molecule has 1 N–H and O–H groups in total. The first-order valence-corrected chi connectivity index (χ1v) is 8.34. The fourth-order valence-corrected chi connectivity index (χ4v) is 2.31. The Bertz CT molecular complexity index is 818. The number of esters is 1. The van der Waals surface area contributed by atoms with E-state index in [1.54, 1.807) is 7.05 Å². The normalized spacial score (nSPS) is 13.1. The van der Waals surface area contributed by atoms with Crippen LogP contribution in [0, 0.1) is 0 Å². The lowest BCUT2D eigenvalue weighted by Gasteiger charge is -2.20. The molecule has 0 fully saturated rings. The first-order valence-electron chi connectivity index (χ1n) is 8.34. The number of hydrogen-bond donors (Lipinski definition) is 1. The summed E-state index contributed by atoms with van der Waals surface area (Å²) in [6, 6.07) is 7.34. The molecule has 0 radical (unpaired) electrons. The van der Waals surface area contributed by atoms with Gasteiger partial charge in [0.2, 0.25) is 6.10 Å². The second-order valence-electron chi connectivity index (χ2n) is 5.91. The molecule has 0 aliphatic rings. The summed E-state index contributed by atoms with van der Waals surface area (Å²) in [4.78, 5) is 12.4. The molecule has 2 rings (SSSR count). The van der Waals surface area contributed by atoms with Gasteiger partial charge in [-0.15, -0.1) is 0 Å². The minimum absolute atomic E-state index is 0.00451. The molecule has 0 amide bonds. The second kappa shape index (κ2) is 9.17. The van der Waals surface area contributed by atoms with Gasteiger partial charge < -0.3 is 14.8 Å². The van der Waals surface area contributed by atoms with Crippen molar-refractivity contribution in [3.05, 3.63) is 65.2 Å². The van der Waals surface area contributed by atoms with Crippen molar-refractivity contribution in [1.82, 2.24) is 5.32 Å². The van der Waals surface area contributed by atoms with Crippen LogP contribution in [0.4, 0.5) is 26.3 Å². The molecule has 0 saturated heterocycles. The van der Waals surface area contributed by atoms with E-state index in [1.165, 1.54) is 6.07 Å². The molecule has 0 heterocycles. The van der Waals surface area contributed by atoms with Crippen molar-refractivity contribution >= 4 is 5.97 Å². The van der Waals surface area contributed by atoms with Crippen LogP contribution in [0.1, 0.15) is 22.8 Å². The number of likely N-dealkylation sites (N-methyl/N-ethyl adjacent to an activating group) is 1. The van der Waals surface area contributed by atoms with Crippen LogP contribution in [0.2, 0.25) is 0 Å². The molecule has 10 heteroatoms. The van der Waals surface area contributed by atoms with Gasteiger partial charge in [-0.05, 0) is 37.4 Å². The third-order valence-electron chi connectivity index (χ3n) is 3.77. The van der Waals surface area contributed by atoms with Gasteiger partial charge in [0, 0.05) is 12.1 Å². The molecule has 0 spiro atoms. The van der Waals surface area contributed by atoms with Crippen LogP contribution in [0.5, 0.6) is 5.75 Å². The molecule has 29 heavy (non-hydrogen) atoms. The summed E-state index contributed by atoms with van der Waals surface area (Å²) in [5.74, 6) is -1.23. The molecule has 0 aromatic heterocycles. The Morgan fingerprint density at radius 2 is 1.59 bits per heavy atom. The number of alkyl halides is 6. The van der Waals surface area contributed by atoms with Gasteiger partial charge in [-0.2, -0.15) is 26.3 Å². The molecular formula is C19H17F6NO3. The van der Waals surface area contributed by atoms with Gasteiger partial charge >= 0.3 is 18.3 Å². The topological polar surface area (TPSA) is 47.6 Å². The Labute approximate surface area is 162 Å². The van der Waals surface area contributed by atoms with Crippen LogP contribution in [0.25, 0.3) is 0 Å². The average molecular weight is 421 g/mol. The van der Waals surface area contributed by atoms with E-state index >= 15 is 0 Å². The van der Waals surface area contributed by atoms with Gasteiger partial charge in [0.15, 0.2) is 0 Å². The predicted octanol–water partition coefficient (Wildman–Crippen LogP) is 4.61. The zero-order valence-electron chi connectivity index (χ0n) is 15.1. The lowest BCUT2D eigenvalue weighted by atomic mass is 10.1. The second-order valence-corrected chi connectivity index (χ2v) is 5.91. The number of halogens is 6. The summed E-state index contributed by atoms with van der Waals surface area (Å²) in [6.07, 6.45) is -10.8. The first kappa shape index (κ1) is 22.5. The number of carbonyl (C=O) groups excluding carboxylic acids is 1. The Morgan fingerprint density at radius 3 is 2.14 bits per heavy atom. The monoisotopic (exact) mass is 421 g/mol. The summed E-state index contributed by atoms with van der Waals surface area (Å²) in [6.45, 7) is 0.244. The molecule has 2 aromatic carbocycles. The molecule has 4 nitrogen and oxygen atoms in total. The maximum Gasteiger partial charge on any atom is 0.416 e. The van der Waals surface area contributed by atoms with Crippen molar-refractivity contribution in [3.63, 3.8) is 0 Å². The third kappa shape index (κ3) is 6.38. The molecule has 0 saturated carbocycles. The van der Waals surface area contributed by atoms with E-state index in [-0.39, 0.29) is 17.9 Å². The zero-order valence-corrected chi connectivity index (χ0v) is 15.1. The van der Waals surface area contributed by atoms with Gasteiger partial charge in [0.25, 0.3) is 0 Å². The van der Waals surface area contributed by atoms with E-state index in [0.717, 1.165) is 36.4 Å². The molecule has 158 valence electrons. The van der Waals surface area contributed by atoms with E-state index in [2.05, 4.69) is 5.32 Å². The Hall–Kier alpha value is -2.75. The highest BCUT2D eigenvalue weighted by Gasteiger charge is 2.33. The lowest BCUT2D eigenvalue weighted by Crippen LogP contribution is -2.25. The van der Waals surface area contributed by atoms with Gasteiger partial charge in [0.1, 0.15) is 12.4 Å². The largest absolute Gasteiger partial charge is 0.474 e. The smallest absolute Gasteiger partial charge is 0.416 e. The molecule has 0 aliphatic carbocycles. The number of benzene rings is 2. The molecule has 0 aliphatic heterocycles. The third-order valence-corrected chi connectivity index (χ3v) is 3.77. The summed E-state index contributed by atoms with van der Waals surface area (Å²) in [7, 11) is 1.61. The molecule has 0 unspecified atom stereocenters. The summed E-state index contributed by atoms with van der Waals surface area (Å²) in [5.41, 5.74) is -1.93. The van der Waals surface area contributed by atoms with Gasteiger partial charge in [0.05, 0.1) is 11.1 Å². The van der Waals surface area contributed by atoms with E-state index in [1.807, 2.05) is 0 Å². The van der Waals surface area contributed by atoms with Crippen LogP contribution in [0.15, 0.2) is 48.5 Å². The molecule has 2 aromatic rings. The van der Waals surface area contributed by atoms with Crippen LogP contribution >= 0.6 is 0 Å². The van der Waals surface area contributed by atoms with Crippen molar-refractivity contribution in [2.75, 3.05) is 20.2 Å². The van der Waals surface area contributed by atoms with Crippen LogP contribution in [-0.2, 0) is 21.9 Å². The highest BCUT2D eigenvalue weighted by molar-refractivity contribution is 5.77. The van der Waals surface area contributed by atoms with Crippen molar-refractivity contribution in [3.8, 4) is 5.75 Å². The van der Waals surface area contributed by atoms with Crippen LogP contribution < -0.4 is 10.1 Å². The van der Waals surface area contributed by atoms with Crippen molar-refractivity contribution in [2.45, 2.75) is 18.5 Å². The van der Waals surface area contributed by atoms with Crippen molar-refractivity contribution < 1.29 is 40.6 Å². The Morgan fingerprint density at radius 1 is 0.966 bits per heavy atom. The molecule has 0 bridgehead atoms. The van der Waals surface area contributed by atoms with Crippen LogP contribution in [-0.4, -0.2) is 26.2 Å². The Kier molecular flexibility index (Phi) is 7.12. The number of hydrogen-bond acceptors (Lipinski definition) is 4. The van der Waals surface area contributed by atoms with Crippen LogP contribution in [0.3, 0.4) is 0 Å². The Balaban J connectivity index is 2.32. The number of carbonyl (C=O) groups is 1. The lowest BCUT2D eigenvalue weighted by molar-refractivity contribution is -0.152. The number of ether oxygens (including phenoxy) is 2. The van der Waals surface area contributed by atoms with E-state index in [4.69, 9.17) is 9.47 Å². The maximum absolute atomic E-state index is 12.9. The fourth-order valence-electron chi connectivity index (χ4n) is 2.31. The summed E-state index contributed by atoms with van der Waals surface area (Å²) < 4.78 is 87.3. The van der Waals surface area contributed by atoms with Gasteiger partial charge in [-0.3, -0.25) is 0 Å². The zero-order chi connectivity index (χ0) is 21.7. The number of rotatable bonds is 7. The standard InChI is InChI=1S/C19H17F6NO3/c1-26-9-10-28-17(27)16(12-5-7-13(8-6-12)18(20,21)22)29-15-4-2-3-14(11-15)19(23,24)25/h2-8,11,16,26H,9-10H2,1H3/t16-/m1/s1.